The second kappa shape index (κ2) is 7.25. The Labute approximate surface area is 133 Å². The Balaban J connectivity index is 2.04. The average molecular weight is 358 g/mol. The van der Waals surface area contributed by atoms with Gasteiger partial charge in [0.25, 0.3) is 5.91 Å². The minimum Gasteiger partial charge on any atom is -0.480 e. The quantitative estimate of drug-likeness (QED) is 0.809. The Hall–Kier alpha value is -1.10. The Bertz CT molecular complexity index is 509. The predicted octanol–water partition coefficient (Wildman–Crippen LogP) is 4.15. The van der Waals surface area contributed by atoms with E-state index in [1.807, 2.05) is 4.90 Å². The lowest BCUT2D eigenvalue weighted by molar-refractivity contribution is -0.141. The zero-order valence-corrected chi connectivity index (χ0v) is 14.0. The SMILES string of the molecule is CCC1CCCCN1C(=O)C(C)Oc1ccc(F)cc1Br. The van der Waals surface area contributed by atoms with Crippen LogP contribution < -0.4 is 4.74 Å². The molecule has 2 atom stereocenters. The molecule has 1 aromatic rings. The molecule has 21 heavy (non-hydrogen) atoms. The van der Waals surface area contributed by atoms with E-state index < -0.39 is 6.10 Å². The maximum atomic E-state index is 13.1. The first-order chi connectivity index (χ1) is 10.0. The number of nitrogens with zero attached hydrogens (tertiary/aromatic N) is 1. The third-order valence-electron chi connectivity index (χ3n) is 3.93. The van der Waals surface area contributed by atoms with Gasteiger partial charge in [-0.3, -0.25) is 4.79 Å². The lowest BCUT2D eigenvalue weighted by Crippen LogP contribution is -2.48. The number of likely N-dealkylation sites (tertiary alicyclic amines) is 1. The van der Waals surface area contributed by atoms with Crippen LogP contribution in [0.2, 0.25) is 0 Å². The number of hydrogen-bond acceptors (Lipinski definition) is 2. The summed E-state index contributed by atoms with van der Waals surface area (Å²) in [7, 11) is 0. The molecule has 1 fully saturated rings. The van der Waals surface area contributed by atoms with E-state index in [0.29, 0.717) is 16.3 Å². The van der Waals surface area contributed by atoms with Gasteiger partial charge in [0.05, 0.1) is 4.47 Å². The molecule has 1 saturated heterocycles. The van der Waals surface area contributed by atoms with Crippen molar-refractivity contribution < 1.29 is 13.9 Å². The van der Waals surface area contributed by atoms with Crippen LogP contribution in [0.5, 0.6) is 5.75 Å². The first kappa shape index (κ1) is 16.3. The van der Waals surface area contributed by atoms with Crippen molar-refractivity contribution in [3.05, 3.63) is 28.5 Å². The third kappa shape index (κ3) is 3.96. The molecule has 116 valence electrons. The maximum absolute atomic E-state index is 13.1. The summed E-state index contributed by atoms with van der Waals surface area (Å²) in [5.74, 6) is 0.162. The van der Waals surface area contributed by atoms with Crippen LogP contribution in [0.1, 0.15) is 39.5 Å². The average Bonchev–Trinajstić information content (AvgIpc) is 2.49. The first-order valence-electron chi connectivity index (χ1n) is 7.45. The summed E-state index contributed by atoms with van der Waals surface area (Å²) in [6.07, 6.45) is 3.70. The first-order valence-corrected chi connectivity index (χ1v) is 8.24. The highest BCUT2D eigenvalue weighted by Crippen LogP contribution is 2.27. The van der Waals surface area contributed by atoms with Crippen molar-refractivity contribution >= 4 is 21.8 Å². The summed E-state index contributed by atoms with van der Waals surface area (Å²) in [6.45, 7) is 4.66. The normalized spacial score (nSPS) is 20.2. The molecule has 1 aliphatic heterocycles. The smallest absolute Gasteiger partial charge is 0.263 e. The number of benzene rings is 1. The van der Waals surface area contributed by atoms with Crippen molar-refractivity contribution in [1.82, 2.24) is 4.90 Å². The summed E-state index contributed by atoms with van der Waals surface area (Å²) < 4.78 is 19.3. The van der Waals surface area contributed by atoms with Crippen LogP contribution in [0.4, 0.5) is 4.39 Å². The van der Waals surface area contributed by atoms with Crippen molar-refractivity contribution in [3.63, 3.8) is 0 Å². The highest BCUT2D eigenvalue weighted by atomic mass is 79.9. The Kier molecular flexibility index (Phi) is 5.62. The van der Waals surface area contributed by atoms with Gasteiger partial charge in [0.2, 0.25) is 0 Å². The van der Waals surface area contributed by atoms with E-state index in [9.17, 15) is 9.18 Å². The van der Waals surface area contributed by atoms with E-state index in [2.05, 4.69) is 22.9 Å². The monoisotopic (exact) mass is 357 g/mol. The van der Waals surface area contributed by atoms with E-state index in [0.717, 1.165) is 25.8 Å². The highest BCUT2D eigenvalue weighted by molar-refractivity contribution is 9.10. The fraction of sp³-hybridized carbons (Fsp3) is 0.562. The molecule has 0 aliphatic carbocycles. The molecule has 0 radical (unpaired) electrons. The van der Waals surface area contributed by atoms with E-state index in [1.165, 1.54) is 24.6 Å². The van der Waals surface area contributed by atoms with Crippen LogP contribution in [0, 0.1) is 5.82 Å². The lowest BCUT2D eigenvalue weighted by atomic mass is 9.99. The second-order valence-electron chi connectivity index (χ2n) is 5.42. The van der Waals surface area contributed by atoms with Crippen molar-refractivity contribution in [2.24, 2.45) is 0 Å². The number of amides is 1. The lowest BCUT2D eigenvalue weighted by Gasteiger charge is -2.36. The molecule has 1 amide bonds. The van der Waals surface area contributed by atoms with Gasteiger partial charge in [-0.25, -0.2) is 4.39 Å². The van der Waals surface area contributed by atoms with Gasteiger partial charge in [-0.15, -0.1) is 0 Å². The molecule has 0 saturated carbocycles. The van der Waals surface area contributed by atoms with Crippen molar-refractivity contribution in [2.75, 3.05) is 6.54 Å². The number of rotatable bonds is 4. The van der Waals surface area contributed by atoms with E-state index in [-0.39, 0.29) is 11.7 Å². The van der Waals surface area contributed by atoms with Crippen molar-refractivity contribution in [2.45, 2.75) is 51.7 Å². The van der Waals surface area contributed by atoms with Crippen molar-refractivity contribution in [3.8, 4) is 5.75 Å². The summed E-state index contributed by atoms with van der Waals surface area (Å²) in [5, 5.41) is 0. The Morgan fingerprint density at radius 3 is 2.95 bits per heavy atom. The molecule has 5 heteroatoms. The minimum atomic E-state index is -0.570. The van der Waals surface area contributed by atoms with Crippen LogP contribution in [0.25, 0.3) is 0 Å². The summed E-state index contributed by atoms with van der Waals surface area (Å²) in [6, 6.07) is 4.51. The molecule has 2 rings (SSSR count). The second-order valence-corrected chi connectivity index (χ2v) is 6.28. The fourth-order valence-corrected chi connectivity index (χ4v) is 3.20. The summed E-state index contributed by atoms with van der Waals surface area (Å²) in [5.41, 5.74) is 0. The molecular weight excluding hydrogens is 337 g/mol. The Morgan fingerprint density at radius 2 is 2.29 bits per heavy atom. The zero-order chi connectivity index (χ0) is 15.4. The van der Waals surface area contributed by atoms with Gasteiger partial charge in [-0.2, -0.15) is 0 Å². The molecule has 2 unspecified atom stereocenters. The number of carbonyl (C=O) groups excluding carboxylic acids is 1. The molecule has 1 heterocycles. The van der Waals surface area contributed by atoms with Crippen LogP contribution in [-0.4, -0.2) is 29.5 Å². The maximum Gasteiger partial charge on any atom is 0.263 e. The number of ether oxygens (including phenoxy) is 1. The van der Waals surface area contributed by atoms with Gasteiger partial charge in [-0.05, 0) is 66.7 Å². The van der Waals surface area contributed by atoms with Crippen LogP contribution >= 0.6 is 15.9 Å². The molecular formula is C16H21BrFNO2. The van der Waals surface area contributed by atoms with Gasteiger partial charge in [0, 0.05) is 12.6 Å². The standard InChI is InChI=1S/C16H21BrFNO2/c1-3-13-6-4-5-9-19(13)16(20)11(2)21-15-8-7-12(18)10-14(15)17/h7-8,10-11,13H,3-6,9H2,1-2H3. The van der Waals surface area contributed by atoms with E-state index >= 15 is 0 Å². The largest absolute Gasteiger partial charge is 0.480 e. The molecule has 0 bridgehead atoms. The third-order valence-corrected chi connectivity index (χ3v) is 4.55. The summed E-state index contributed by atoms with van der Waals surface area (Å²) >= 11 is 3.26. The molecule has 1 aromatic carbocycles. The number of halogens is 2. The molecule has 1 aliphatic rings. The number of hydrogen-bond donors (Lipinski definition) is 0. The summed E-state index contributed by atoms with van der Waals surface area (Å²) in [4.78, 5) is 14.5. The van der Waals surface area contributed by atoms with Gasteiger partial charge >= 0.3 is 0 Å². The highest BCUT2D eigenvalue weighted by Gasteiger charge is 2.29. The molecule has 0 N–H and O–H groups in total. The number of carbonyl (C=O) groups is 1. The molecule has 0 spiro atoms. The van der Waals surface area contributed by atoms with Crippen molar-refractivity contribution in [1.29, 1.82) is 0 Å². The topological polar surface area (TPSA) is 29.5 Å². The van der Waals surface area contributed by atoms with Gasteiger partial charge < -0.3 is 9.64 Å². The molecule has 3 nitrogen and oxygen atoms in total. The molecule has 0 aromatic heterocycles. The minimum absolute atomic E-state index is 0.0118. The fourth-order valence-electron chi connectivity index (χ4n) is 2.76. The van der Waals surface area contributed by atoms with Gasteiger partial charge in [0.15, 0.2) is 6.10 Å². The number of piperidine rings is 1. The van der Waals surface area contributed by atoms with E-state index in [4.69, 9.17) is 4.74 Å². The van der Waals surface area contributed by atoms with E-state index in [1.54, 1.807) is 6.92 Å². The zero-order valence-electron chi connectivity index (χ0n) is 12.4. The van der Waals surface area contributed by atoms with Crippen LogP contribution in [0.15, 0.2) is 22.7 Å². The Morgan fingerprint density at radius 1 is 1.52 bits per heavy atom. The predicted molar refractivity (Wildman–Crippen MR) is 83.8 cm³/mol. The van der Waals surface area contributed by atoms with Crippen LogP contribution in [-0.2, 0) is 4.79 Å². The van der Waals surface area contributed by atoms with Crippen LogP contribution in [0.3, 0.4) is 0 Å². The van der Waals surface area contributed by atoms with Gasteiger partial charge in [-0.1, -0.05) is 6.92 Å². The van der Waals surface area contributed by atoms with Gasteiger partial charge in [0.1, 0.15) is 11.6 Å².